The molecular weight excluding hydrogens is 175 g/mol. The summed E-state index contributed by atoms with van der Waals surface area (Å²) in [6, 6.07) is 0. The Morgan fingerprint density at radius 1 is 1.57 bits per heavy atom. The Morgan fingerprint density at radius 2 is 1.71 bits per heavy atom. The Labute approximate surface area is 58.4 Å². The first-order chi connectivity index (χ1) is 2.94. The average molecular weight is 185 g/mol. The molecule has 0 aliphatic heterocycles. The third kappa shape index (κ3) is 3.36. The van der Waals surface area contributed by atoms with Gasteiger partial charge in [0, 0.05) is 9.70 Å². The van der Waals surface area contributed by atoms with Crippen molar-refractivity contribution in [1.29, 1.82) is 0 Å². The SMILES string of the molecule is CC(Cl)C(C)(C)Br. The van der Waals surface area contributed by atoms with E-state index in [0.717, 1.165) is 0 Å². The van der Waals surface area contributed by atoms with E-state index in [0.29, 0.717) is 0 Å². The zero-order valence-electron chi connectivity index (χ0n) is 4.83. The van der Waals surface area contributed by atoms with Crippen molar-refractivity contribution in [3.05, 3.63) is 0 Å². The predicted octanol–water partition coefficient (Wildman–Crippen LogP) is 2.79. The maximum atomic E-state index is 5.71. The van der Waals surface area contributed by atoms with Gasteiger partial charge in [0.15, 0.2) is 0 Å². The molecule has 0 saturated carbocycles. The summed E-state index contributed by atoms with van der Waals surface area (Å²) >= 11 is 9.12. The van der Waals surface area contributed by atoms with Gasteiger partial charge in [0.05, 0.1) is 0 Å². The second kappa shape index (κ2) is 2.36. The van der Waals surface area contributed by atoms with Crippen molar-refractivity contribution >= 4 is 27.5 Å². The van der Waals surface area contributed by atoms with Crippen molar-refractivity contribution in [2.75, 3.05) is 0 Å². The largest absolute Gasteiger partial charge is 0.122 e. The maximum Gasteiger partial charge on any atom is 0.0455 e. The second-order valence-corrected chi connectivity index (χ2v) is 4.88. The Bertz CT molecular complexity index is 53.6. The van der Waals surface area contributed by atoms with E-state index in [-0.39, 0.29) is 9.70 Å². The molecule has 0 aromatic rings. The molecule has 0 aliphatic rings. The van der Waals surface area contributed by atoms with Crippen molar-refractivity contribution in [2.45, 2.75) is 30.5 Å². The minimum Gasteiger partial charge on any atom is -0.122 e. The summed E-state index contributed by atoms with van der Waals surface area (Å²) in [4.78, 5) is 0. The fourth-order valence-electron chi connectivity index (χ4n) is 0. The van der Waals surface area contributed by atoms with E-state index in [1.165, 1.54) is 0 Å². The quantitative estimate of drug-likeness (QED) is 0.551. The highest BCUT2D eigenvalue weighted by molar-refractivity contribution is 9.10. The smallest absolute Gasteiger partial charge is 0.0455 e. The molecule has 0 aliphatic carbocycles. The van der Waals surface area contributed by atoms with Crippen molar-refractivity contribution in [1.82, 2.24) is 0 Å². The van der Waals surface area contributed by atoms with E-state index in [9.17, 15) is 0 Å². The number of hydrogen-bond acceptors (Lipinski definition) is 0. The first-order valence-electron chi connectivity index (χ1n) is 2.27. The van der Waals surface area contributed by atoms with Gasteiger partial charge in [0.2, 0.25) is 0 Å². The summed E-state index contributed by atoms with van der Waals surface area (Å²) < 4.78 is 0.0779. The molecule has 0 aromatic heterocycles. The van der Waals surface area contributed by atoms with Gasteiger partial charge < -0.3 is 0 Å². The summed E-state index contributed by atoms with van der Waals surface area (Å²) in [5.41, 5.74) is 0. The molecule has 0 bridgehead atoms. The molecule has 0 rings (SSSR count). The van der Waals surface area contributed by atoms with Gasteiger partial charge in [-0.25, -0.2) is 0 Å². The molecule has 0 radical (unpaired) electrons. The summed E-state index contributed by atoms with van der Waals surface area (Å²) in [6.07, 6.45) is 0. The lowest BCUT2D eigenvalue weighted by molar-refractivity contribution is 0.709. The highest BCUT2D eigenvalue weighted by atomic mass is 79.9. The first-order valence-corrected chi connectivity index (χ1v) is 3.50. The van der Waals surface area contributed by atoms with E-state index < -0.39 is 0 Å². The van der Waals surface area contributed by atoms with Gasteiger partial charge in [0.1, 0.15) is 0 Å². The number of halogens is 2. The fourth-order valence-corrected chi connectivity index (χ4v) is 0. The van der Waals surface area contributed by atoms with E-state index in [1.807, 2.05) is 20.8 Å². The zero-order valence-corrected chi connectivity index (χ0v) is 7.18. The van der Waals surface area contributed by atoms with Gasteiger partial charge in [-0.2, -0.15) is 0 Å². The van der Waals surface area contributed by atoms with Crippen LogP contribution in [0, 0.1) is 0 Å². The predicted molar refractivity (Wildman–Crippen MR) is 38.3 cm³/mol. The van der Waals surface area contributed by atoms with Crippen molar-refractivity contribution < 1.29 is 0 Å². The van der Waals surface area contributed by atoms with Crippen LogP contribution in [0.4, 0.5) is 0 Å². The minimum atomic E-state index is 0.0779. The average Bonchev–Trinajstić information content (AvgIpc) is 1.31. The summed E-state index contributed by atoms with van der Waals surface area (Å²) in [5.74, 6) is 0. The van der Waals surface area contributed by atoms with Gasteiger partial charge in [0.25, 0.3) is 0 Å². The molecule has 0 fully saturated rings. The van der Waals surface area contributed by atoms with Crippen LogP contribution < -0.4 is 0 Å². The normalized spacial score (nSPS) is 16.7. The van der Waals surface area contributed by atoms with Crippen LogP contribution in [-0.2, 0) is 0 Å². The Hall–Kier alpha value is 0.770. The molecule has 1 unspecified atom stereocenters. The standard InChI is InChI=1S/C5H10BrCl/c1-4(7)5(2,3)6/h4H,1-3H3. The third-order valence-electron chi connectivity index (χ3n) is 0.946. The second-order valence-electron chi connectivity index (χ2n) is 2.18. The van der Waals surface area contributed by atoms with Crippen LogP contribution in [0.3, 0.4) is 0 Å². The van der Waals surface area contributed by atoms with Crippen LogP contribution in [-0.4, -0.2) is 9.70 Å². The number of rotatable bonds is 1. The molecule has 1 atom stereocenters. The van der Waals surface area contributed by atoms with E-state index in [2.05, 4.69) is 15.9 Å². The van der Waals surface area contributed by atoms with Crippen molar-refractivity contribution in [2.24, 2.45) is 0 Å². The van der Waals surface area contributed by atoms with E-state index >= 15 is 0 Å². The first kappa shape index (κ1) is 7.77. The third-order valence-corrected chi connectivity index (χ3v) is 2.44. The van der Waals surface area contributed by atoms with Crippen LogP contribution in [0.1, 0.15) is 20.8 Å². The molecule has 7 heavy (non-hydrogen) atoms. The Balaban J connectivity index is 3.54. The molecule has 44 valence electrons. The number of hydrogen-bond donors (Lipinski definition) is 0. The number of alkyl halides is 2. The highest BCUT2D eigenvalue weighted by Gasteiger charge is 2.18. The molecule has 0 spiro atoms. The minimum absolute atomic E-state index is 0.0779. The van der Waals surface area contributed by atoms with Gasteiger partial charge in [-0.05, 0) is 20.8 Å². The molecule has 0 amide bonds. The molecule has 0 aromatic carbocycles. The topological polar surface area (TPSA) is 0 Å². The van der Waals surface area contributed by atoms with Gasteiger partial charge in [-0.3, -0.25) is 0 Å². The van der Waals surface area contributed by atoms with Crippen molar-refractivity contribution in [3.8, 4) is 0 Å². The molecule has 0 heterocycles. The molecule has 0 N–H and O–H groups in total. The Kier molecular flexibility index (Phi) is 2.62. The van der Waals surface area contributed by atoms with Crippen LogP contribution in [0.5, 0.6) is 0 Å². The van der Waals surface area contributed by atoms with Gasteiger partial charge in [-0.1, -0.05) is 15.9 Å². The van der Waals surface area contributed by atoms with E-state index in [4.69, 9.17) is 11.6 Å². The van der Waals surface area contributed by atoms with E-state index in [1.54, 1.807) is 0 Å². The monoisotopic (exact) mass is 184 g/mol. The van der Waals surface area contributed by atoms with Crippen molar-refractivity contribution in [3.63, 3.8) is 0 Å². The molecular formula is C5H10BrCl. The van der Waals surface area contributed by atoms with Gasteiger partial charge >= 0.3 is 0 Å². The lowest BCUT2D eigenvalue weighted by Gasteiger charge is -2.17. The van der Waals surface area contributed by atoms with Crippen LogP contribution >= 0.6 is 27.5 Å². The summed E-state index contributed by atoms with van der Waals surface area (Å²) in [7, 11) is 0. The highest BCUT2D eigenvalue weighted by Crippen LogP contribution is 2.24. The zero-order chi connectivity index (χ0) is 6.08. The Morgan fingerprint density at radius 3 is 1.71 bits per heavy atom. The lowest BCUT2D eigenvalue weighted by Crippen LogP contribution is -2.20. The lowest BCUT2D eigenvalue weighted by atomic mass is 10.1. The van der Waals surface area contributed by atoms with Crippen LogP contribution in [0.15, 0.2) is 0 Å². The summed E-state index contributed by atoms with van der Waals surface area (Å²) in [5, 5.41) is 0.187. The fraction of sp³-hybridized carbons (Fsp3) is 1.00. The maximum absolute atomic E-state index is 5.71. The molecule has 0 nitrogen and oxygen atoms in total. The molecule has 2 heteroatoms. The summed E-state index contributed by atoms with van der Waals surface area (Å²) in [6.45, 7) is 6.06. The van der Waals surface area contributed by atoms with Crippen LogP contribution in [0.25, 0.3) is 0 Å². The van der Waals surface area contributed by atoms with Crippen LogP contribution in [0.2, 0.25) is 0 Å². The molecule has 0 saturated heterocycles. The van der Waals surface area contributed by atoms with Gasteiger partial charge in [-0.15, -0.1) is 11.6 Å².